The fraction of sp³-hybridized carbons (Fsp3) is 0.412. The summed E-state index contributed by atoms with van der Waals surface area (Å²) >= 11 is 0. The molecule has 1 aliphatic heterocycles. The van der Waals surface area contributed by atoms with E-state index in [9.17, 15) is 5.11 Å². The first kappa shape index (κ1) is 16.3. The molecule has 3 heteroatoms. The van der Waals surface area contributed by atoms with Crippen molar-refractivity contribution in [2.75, 3.05) is 25.1 Å². The van der Waals surface area contributed by atoms with Crippen molar-refractivity contribution < 1.29 is 9.84 Å². The Bertz CT molecular complexity index is 468. The van der Waals surface area contributed by atoms with E-state index in [1.807, 2.05) is 32.1 Å². The molecule has 0 amide bonds. The molecule has 0 spiro atoms. The van der Waals surface area contributed by atoms with E-state index in [2.05, 4.69) is 24.1 Å². The van der Waals surface area contributed by atoms with E-state index in [4.69, 9.17) is 4.74 Å². The Balaban J connectivity index is 0.000000956. The fourth-order valence-electron chi connectivity index (χ4n) is 2.19. The Morgan fingerprint density at radius 1 is 1.40 bits per heavy atom. The van der Waals surface area contributed by atoms with Crippen LogP contribution in [0.4, 0.5) is 5.69 Å². The molecular weight excluding hydrogens is 250 g/mol. The zero-order valence-corrected chi connectivity index (χ0v) is 12.7. The third kappa shape index (κ3) is 3.87. The van der Waals surface area contributed by atoms with Crippen molar-refractivity contribution in [2.24, 2.45) is 0 Å². The molecule has 0 aromatic heterocycles. The van der Waals surface area contributed by atoms with Gasteiger partial charge in [-0.1, -0.05) is 33.1 Å². The van der Waals surface area contributed by atoms with Gasteiger partial charge in [0.1, 0.15) is 5.76 Å². The van der Waals surface area contributed by atoms with Gasteiger partial charge in [0.25, 0.3) is 0 Å². The number of hydrogen-bond acceptors (Lipinski definition) is 3. The highest BCUT2D eigenvalue weighted by atomic mass is 16.5. The van der Waals surface area contributed by atoms with Crippen molar-refractivity contribution >= 4 is 17.5 Å². The fourth-order valence-corrected chi connectivity index (χ4v) is 2.19. The maximum absolute atomic E-state index is 9.61. The number of rotatable bonds is 4. The van der Waals surface area contributed by atoms with Gasteiger partial charge in [-0.15, -0.1) is 0 Å². The van der Waals surface area contributed by atoms with E-state index in [1.54, 1.807) is 7.11 Å². The van der Waals surface area contributed by atoms with Gasteiger partial charge >= 0.3 is 0 Å². The third-order valence-corrected chi connectivity index (χ3v) is 3.27. The first-order valence-corrected chi connectivity index (χ1v) is 7.08. The van der Waals surface area contributed by atoms with Crippen LogP contribution < -0.4 is 4.90 Å². The maximum atomic E-state index is 9.61. The predicted octanol–water partition coefficient (Wildman–Crippen LogP) is 3.54. The normalized spacial score (nSPS) is 17.2. The van der Waals surface area contributed by atoms with E-state index in [0.717, 1.165) is 29.8 Å². The molecule has 0 radical (unpaired) electrons. The maximum Gasteiger partial charge on any atom is 0.119 e. The van der Waals surface area contributed by atoms with Gasteiger partial charge in [0.2, 0.25) is 0 Å². The summed E-state index contributed by atoms with van der Waals surface area (Å²) in [5.41, 5.74) is 3.06. The molecule has 1 N–H and O–H groups in total. The molecule has 1 atom stereocenters. The van der Waals surface area contributed by atoms with Gasteiger partial charge in [0, 0.05) is 24.3 Å². The summed E-state index contributed by atoms with van der Waals surface area (Å²) in [6.07, 6.45) is 2.40. The number of nitrogens with zero attached hydrogens (tertiary/aromatic N) is 1. The second kappa shape index (κ2) is 7.75. The van der Waals surface area contributed by atoms with Gasteiger partial charge in [0.15, 0.2) is 0 Å². The smallest absolute Gasteiger partial charge is 0.119 e. The van der Waals surface area contributed by atoms with Gasteiger partial charge in [0.05, 0.1) is 13.2 Å². The molecule has 0 saturated carbocycles. The van der Waals surface area contributed by atoms with E-state index in [0.29, 0.717) is 12.3 Å². The summed E-state index contributed by atoms with van der Waals surface area (Å²) < 4.78 is 5.18. The molecule has 20 heavy (non-hydrogen) atoms. The van der Waals surface area contributed by atoms with Crippen LogP contribution in [0.25, 0.3) is 11.8 Å². The average molecular weight is 275 g/mol. The zero-order valence-electron chi connectivity index (χ0n) is 12.7. The van der Waals surface area contributed by atoms with Crippen molar-refractivity contribution in [1.82, 2.24) is 0 Å². The lowest BCUT2D eigenvalue weighted by atomic mass is 10.1. The number of hydrogen-bond donors (Lipinski definition) is 1. The summed E-state index contributed by atoms with van der Waals surface area (Å²) in [5, 5.41) is 9.61. The average Bonchev–Trinajstić information content (AvgIpc) is 2.94. The molecule has 0 aliphatic carbocycles. The second-order valence-electron chi connectivity index (χ2n) is 4.53. The van der Waals surface area contributed by atoms with Crippen LogP contribution in [0, 0.1) is 0 Å². The first-order chi connectivity index (χ1) is 9.63. The Morgan fingerprint density at radius 3 is 2.60 bits per heavy atom. The van der Waals surface area contributed by atoms with Crippen LogP contribution in [0.15, 0.2) is 31.4 Å². The molecule has 1 aromatic rings. The molecule has 1 unspecified atom stereocenters. The number of anilines is 1. The van der Waals surface area contributed by atoms with Crippen molar-refractivity contribution in [3.8, 4) is 0 Å². The monoisotopic (exact) mass is 275 g/mol. The summed E-state index contributed by atoms with van der Waals surface area (Å²) in [7, 11) is 1.61. The first-order valence-electron chi connectivity index (χ1n) is 7.08. The zero-order chi connectivity index (χ0) is 15.1. The highest BCUT2D eigenvalue weighted by molar-refractivity contribution is 5.69. The van der Waals surface area contributed by atoms with Crippen molar-refractivity contribution in [2.45, 2.75) is 26.4 Å². The molecule has 2 rings (SSSR count). The molecule has 3 nitrogen and oxygen atoms in total. The quantitative estimate of drug-likeness (QED) is 0.853. The molecular formula is C17H25NO2. The van der Waals surface area contributed by atoms with Crippen LogP contribution in [0.2, 0.25) is 0 Å². The van der Waals surface area contributed by atoms with Crippen molar-refractivity contribution in [3.05, 3.63) is 42.5 Å². The van der Waals surface area contributed by atoms with Crippen LogP contribution in [-0.4, -0.2) is 31.4 Å². The third-order valence-electron chi connectivity index (χ3n) is 3.27. The SMILES string of the molecule is C=Cc1cc(C(=C)OC)cc(N2CCC(O)C2)c1.CC. The van der Waals surface area contributed by atoms with Gasteiger partial charge in [-0.2, -0.15) is 0 Å². The van der Waals surface area contributed by atoms with E-state index < -0.39 is 0 Å². The van der Waals surface area contributed by atoms with Crippen molar-refractivity contribution in [1.29, 1.82) is 0 Å². The minimum absolute atomic E-state index is 0.230. The Hall–Kier alpha value is -1.74. The summed E-state index contributed by atoms with van der Waals surface area (Å²) in [6.45, 7) is 13.2. The number of β-amino-alcohol motifs (C(OH)–C–C–N with tert-alkyl or cyclic N) is 1. The molecule has 1 aromatic carbocycles. The highest BCUT2D eigenvalue weighted by Gasteiger charge is 2.21. The molecule has 1 fully saturated rings. The lowest BCUT2D eigenvalue weighted by Crippen LogP contribution is -2.21. The molecule has 1 aliphatic rings. The van der Waals surface area contributed by atoms with E-state index in [-0.39, 0.29) is 6.10 Å². The number of methoxy groups -OCH3 is 1. The Kier molecular flexibility index (Phi) is 6.32. The minimum Gasteiger partial charge on any atom is -0.497 e. The van der Waals surface area contributed by atoms with Crippen LogP contribution in [0.1, 0.15) is 31.4 Å². The second-order valence-corrected chi connectivity index (χ2v) is 4.53. The Morgan fingerprint density at radius 2 is 2.10 bits per heavy atom. The van der Waals surface area contributed by atoms with Gasteiger partial charge < -0.3 is 14.7 Å². The minimum atomic E-state index is -0.230. The lowest BCUT2D eigenvalue weighted by Gasteiger charge is -2.20. The summed E-state index contributed by atoms with van der Waals surface area (Å²) in [4.78, 5) is 2.17. The van der Waals surface area contributed by atoms with Crippen LogP contribution in [0.3, 0.4) is 0 Å². The highest BCUT2D eigenvalue weighted by Crippen LogP contribution is 2.27. The van der Waals surface area contributed by atoms with Crippen molar-refractivity contribution in [3.63, 3.8) is 0 Å². The van der Waals surface area contributed by atoms with Crippen LogP contribution in [-0.2, 0) is 4.74 Å². The topological polar surface area (TPSA) is 32.7 Å². The molecule has 1 saturated heterocycles. The standard InChI is InChI=1S/C15H19NO2.C2H6/c1-4-12-7-13(11(2)18-3)9-14(8-12)16-6-5-15(17)10-16;1-2/h4,7-9,15,17H,1-2,5-6,10H2,3H3;1-2H3. The number of ether oxygens (including phenoxy) is 1. The Labute approximate surface area is 122 Å². The summed E-state index contributed by atoms with van der Waals surface area (Å²) in [6, 6.07) is 6.10. The van der Waals surface area contributed by atoms with Crippen LogP contribution in [0.5, 0.6) is 0 Å². The molecule has 0 bridgehead atoms. The lowest BCUT2D eigenvalue weighted by molar-refractivity contribution is 0.198. The van der Waals surface area contributed by atoms with Gasteiger partial charge in [-0.25, -0.2) is 0 Å². The largest absolute Gasteiger partial charge is 0.497 e. The number of aliphatic hydroxyl groups is 1. The van der Waals surface area contributed by atoms with Gasteiger partial charge in [-0.3, -0.25) is 0 Å². The van der Waals surface area contributed by atoms with Crippen LogP contribution >= 0.6 is 0 Å². The molecule has 1 heterocycles. The number of aliphatic hydroxyl groups excluding tert-OH is 1. The predicted molar refractivity (Wildman–Crippen MR) is 86.8 cm³/mol. The number of benzene rings is 1. The van der Waals surface area contributed by atoms with E-state index in [1.165, 1.54) is 0 Å². The van der Waals surface area contributed by atoms with E-state index >= 15 is 0 Å². The molecule has 110 valence electrons. The van der Waals surface area contributed by atoms with Gasteiger partial charge in [-0.05, 0) is 30.2 Å². The summed E-state index contributed by atoms with van der Waals surface area (Å²) in [5.74, 6) is 0.639.